The fourth-order valence-electron chi connectivity index (χ4n) is 7.08. The molecule has 1 fully saturated rings. The largest absolute Gasteiger partial charge is 0.443 e. The van der Waals surface area contributed by atoms with Crippen molar-refractivity contribution in [3.05, 3.63) is 95.1 Å². The molecule has 9 nitrogen and oxygen atoms in total. The van der Waals surface area contributed by atoms with Crippen LogP contribution in [0.15, 0.2) is 66.9 Å². The van der Waals surface area contributed by atoms with Gasteiger partial charge in [-0.2, -0.15) is 0 Å². The lowest BCUT2D eigenvalue weighted by molar-refractivity contribution is 0.0484. The minimum Gasteiger partial charge on any atom is -0.443 e. The second-order valence-electron chi connectivity index (χ2n) is 13.5. The normalized spacial score (nSPS) is 18.8. The number of aromatic nitrogens is 3. The van der Waals surface area contributed by atoms with Crippen LogP contribution in [-0.2, 0) is 17.7 Å². The Balaban J connectivity index is 1.27. The zero-order chi connectivity index (χ0) is 31.3. The van der Waals surface area contributed by atoms with Gasteiger partial charge >= 0.3 is 6.09 Å². The van der Waals surface area contributed by atoms with Crippen LogP contribution in [0.4, 0.5) is 4.79 Å². The highest BCUT2D eigenvalue weighted by atomic mass is 16.6. The monoisotopic (exact) mass is 605 g/mol. The number of pyridine rings is 1. The van der Waals surface area contributed by atoms with Gasteiger partial charge in [0.05, 0.1) is 40.4 Å². The number of fused-ring (bicyclic) bond motifs is 3. The van der Waals surface area contributed by atoms with Gasteiger partial charge in [0.25, 0.3) is 11.8 Å². The molecule has 4 aromatic rings. The maximum absolute atomic E-state index is 13.7. The second kappa shape index (κ2) is 11.5. The number of carbonyl (C=O) groups excluding carboxylic acids is 3. The number of hydrogen-bond donors (Lipinski definition) is 0. The smallest absolute Gasteiger partial charge is 0.420 e. The molecule has 0 radical (unpaired) electrons. The maximum Gasteiger partial charge on any atom is 0.420 e. The van der Waals surface area contributed by atoms with E-state index in [1.807, 2.05) is 57.3 Å². The fourth-order valence-corrected chi connectivity index (χ4v) is 7.08. The molecule has 1 aliphatic heterocycles. The Bertz CT molecular complexity index is 1750. The highest BCUT2D eigenvalue weighted by Crippen LogP contribution is 2.44. The van der Waals surface area contributed by atoms with Gasteiger partial charge in [0, 0.05) is 18.8 Å². The summed E-state index contributed by atoms with van der Waals surface area (Å²) in [7, 11) is 0. The minimum atomic E-state index is -0.672. The number of amides is 2. The molecule has 2 aromatic heterocycles. The van der Waals surface area contributed by atoms with E-state index in [9.17, 15) is 14.4 Å². The van der Waals surface area contributed by atoms with Gasteiger partial charge in [-0.3, -0.25) is 24.4 Å². The number of benzene rings is 2. The third kappa shape index (κ3) is 5.65. The van der Waals surface area contributed by atoms with Gasteiger partial charge in [-0.05, 0) is 101 Å². The summed E-state index contributed by atoms with van der Waals surface area (Å²) in [5.41, 5.74) is 4.02. The summed E-state index contributed by atoms with van der Waals surface area (Å²) in [5, 5.41) is 0. The third-order valence-corrected chi connectivity index (χ3v) is 9.21. The highest BCUT2D eigenvalue weighted by molar-refractivity contribution is 6.21. The van der Waals surface area contributed by atoms with Crippen molar-refractivity contribution in [2.45, 2.75) is 83.5 Å². The first-order chi connectivity index (χ1) is 21.7. The number of rotatable bonds is 8. The quantitative estimate of drug-likeness (QED) is 0.210. The lowest BCUT2D eigenvalue weighted by Crippen LogP contribution is -2.44. The van der Waals surface area contributed by atoms with Crippen LogP contribution >= 0.6 is 0 Å². The van der Waals surface area contributed by atoms with Crippen LogP contribution in [0.1, 0.15) is 96.7 Å². The Hall–Kier alpha value is -4.37. The molecule has 45 heavy (non-hydrogen) atoms. The van der Waals surface area contributed by atoms with Crippen LogP contribution in [0.2, 0.25) is 0 Å². The first-order valence-corrected chi connectivity index (χ1v) is 16.0. The average Bonchev–Trinajstić information content (AvgIpc) is 3.75. The number of imide groups is 1. The van der Waals surface area contributed by atoms with E-state index in [1.54, 1.807) is 28.8 Å². The Morgan fingerprint density at radius 2 is 1.69 bits per heavy atom. The number of nitrogens with zero attached hydrogens (tertiary/aromatic N) is 5. The van der Waals surface area contributed by atoms with Crippen LogP contribution in [-0.4, -0.2) is 60.4 Å². The number of imidazole rings is 1. The van der Waals surface area contributed by atoms with Crippen molar-refractivity contribution >= 4 is 28.9 Å². The Morgan fingerprint density at radius 3 is 2.40 bits per heavy atom. The van der Waals surface area contributed by atoms with Crippen molar-refractivity contribution in [1.82, 2.24) is 24.3 Å². The molecule has 3 aliphatic rings. The molecule has 0 bridgehead atoms. The number of carbonyl (C=O) groups is 3. The van der Waals surface area contributed by atoms with E-state index in [1.165, 1.54) is 10.5 Å². The van der Waals surface area contributed by atoms with E-state index >= 15 is 0 Å². The molecule has 2 unspecified atom stereocenters. The molecule has 2 aliphatic carbocycles. The molecule has 1 saturated carbocycles. The first-order valence-electron chi connectivity index (χ1n) is 16.0. The fraction of sp³-hybridized carbons (Fsp3) is 0.417. The van der Waals surface area contributed by atoms with Crippen LogP contribution in [0.25, 0.3) is 11.0 Å². The van der Waals surface area contributed by atoms with Crippen LogP contribution in [0, 0.1) is 5.92 Å². The van der Waals surface area contributed by atoms with Crippen LogP contribution in [0.5, 0.6) is 0 Å². The zero-order valence-electron chi connectivity index (χ0n) is 26.1. The second-order valence-corrected chi connectivity index (χ2v) is 13.5. The van der Waals surface area contributed by atoms with Gasteiger partial charge in [0.15, 0.2) is 0 Å². The lowest BCUT2D eigenvalue weighted by atomic mass is 9.89. The SMILES string of the molecule is CC(C)(C)OC(=O)n1c(CN(C2CCCc3cccnc32)C(CCN2C(=O)c3ccccc3C2=O)C2CC2)nc2ccccc21. The molecular weight excluding hydrogens is 566 g/mol. The van der Waals surface area contributed by atoms with Gasteiger partial charge < -0.3 is 4.74 Å². The Morgan fingerprint density at radius 1 is 0.978 bits per heavy atom. The zero-order valence-corrected chi connectivity index (χ0v) is 26.1. The molecule has 2 amide bonds. The summed E-state index contributed by atoms with van der Waals surface area (Å²) in [6.07, 6.45) is 7.11. The van der Waals surface area contributed by atoms with Gasteiger partial charge in [0.1, 0.15) is 11.4 Å². The summed E-state index contributed by atoms with van der Waals surface area (Å²) in [6, 6.07) is 18.9. The Kier molecular flexibility index (Phi) is 7.52. The van der Waals surface area contributed by atoms with Crippen molar-refractivity contribution in [3.8, 4) is 0 Å². The standard InChI is InChI=1S/C36H39N5O4/c1-36(2,3)45-35(44)41-29-15-7-6-14-27(29)38-31(41)22-40(30-16-8-10-24-11-9-20-37-32(24)30)28(23-17-18-23)19-21-39-33(42)25-12-4-5-13-26(25)34(39)43/h4-7,9,11-15,20,23,28,30H,8,10,16-19,21-22H2,1-3H3. The molecule has 0 N–H and O–H groups in total. The first kappa shape index (κ1) is 29.3. The predicted molar refractivity (Wildman–Crippen MR) is 170 cm³/mol. The van der Waals surface area contributed by atoms with E-state index in [0.29, 0.717) is 47.9 Å². The van der Waals surface area contributed by atoms with E-state index in [-0.39, 0.29) is 23.9 Å². The van der Waals surface area contributed by atoms with Gasteiger partial charge in [-0.1, -0.05) is 30.3 Å². The van der Waals surface area contributed by atoms with E-state index in [2.05, 4.69) is 11.0 Å². The third-order valence-electron chi connectivity index (χ3n) is 9.21. The predicted octanol–water partition coefficient (Wildman–Crippen LogP) is 6.56. The average molecular weight is 606 g/mol. The number of hydrogen-bond acceptors (Lipinski definition) is 7. The molecule has 3 heterocycles. The molecule has 2 aromatic carbocycles. The molecule has 232 valence electrons. The summed E-state index contributed by atoms with van der Waals surface area (Å²) in [5.74, 6) is 0.565. The van der Waals surface area contributed by atoms with Gasteiger partial charge in [-0.15, -0.1) is 0 Å². The molecule has 2 atom stereocenters. The minimum absolute atomic E-state index is 0.00891. The summed E-state index contributed by atoms with van der Waals surface area (Å²) < 4.78 is 7.49. The summed E-state index contributed by atoms with van der Waals surface area (Å²) >= 11 is 0. The topological polar surface area (TPSA) is 97.6 Å². The summed E-state index contributed by atoms with van der Waals surface area (Å²) in [6.45, 7) is 6.32. The lowest BCUT2D eigenvalue weighted by Gasteiger charge is -2.41. The van der Waals surface area contributed by atoms with E-state index in [0.717, 1.165) is 43.3 Å². The summed E-state index contributed by atoms with van der Waals surface area (Å²) in [4.78, 5) is 54.0. The van der Waals surface area contributed by atoms with Gasteiger partial charge in [-0.25, -0.2) is 14.3 Å². The number of ether oxygens (including phenoxy) is 1. The number of para-hydroxylation sites is 2. The number of aryl methyl sites for hydroxylation is 1. The van der Waals surface area contributed by atoms with Crippen molar-refractivity contribution in [2.24, 2.45) is 5.92 Å². The molecule has 0 spiro atoms. The van der Waals surface area contributed by atoms with Crippen LogP contribution in [0.3, 0.4) is 0 Å². The maximum atomic E-state index is 13.7. The highest BCUT2D eigenvalue weighted by Gasteiger charge is 2.43. The molecule has 0 saturated heterocycles. The van der Waals surface area contributed by atoms with Crippen LogP contribution < -0.4 is 0 Å². The van der Waals surface area contributed by atoms with E-state index in [4.69, 9.17) is 14.7 Å². The van der Waals surface area contributed by atoms with E-state index < -0.39 is 11.7 Å². The van der Waals surface area contributed by atoms with Gasteiger partial charge in [0.2, 0.25) is 0 Å². The molecule has 7 rings (SSSR count). The van der Waals surface area contributed by atoms with Crippen molar-refractivity contribution in [1.29, 1.82) is 0 Å². The molecule has 9 heteroatoms. The Labute approximate surface area is 263 Å². The van der Waals surface area contributed by atoms with Crippen molar-refractivity contribution in [3.63, 3.8) is 0 Å². The molecular formula is C36H39N5O4. The van der Waals surface area contributed by atoms with Crippen molar-refractivity contribution < 1.29 is 19.1 Å². The van der Waals surface area contributed by atoms with Crippen molar-refractivity contribution in [2.75, 3.05) is 6.54 Å².